The van der Waals surface area contributed by atoms with Crippen LogP contribution in [0.5, 0.6) is 17.2 Å². The molecular formula is C28H27N5O4. The van der Waals surface area contributed by atoms with Gasteiger partial charge in [0.05, 0.1) is 44.6 Å². The maximum atomic E-state index is 13.4. The Labute approximate surface area is 214 Å². The third-order valence-corrected chi connectivity index (χ3v) is 6.01. The molecule has 0 aliphatic carbocycles. The predicted molar refractivity (Wildman–Crippen MR) is 141 cm³/mol. The lowest BCUT2D eigenvalue weighted by Crippen LogP contribution is -2.17. The first-order valence-corrected chi connectivity index (χ1v) is 11.7. The van der Waals surface area contributed by atoms with Gasteiger partial charge in [-0.25, -0.2) is 4.98 Å². The monoisotopic (exact) mass is 497 g/mol. The van der Waals surface area contributed by atoms with Crippen LogP contribution in [0.2, 0.25) is 0 Å². The molecule has 9 heteroatoms. The van der Waals surface area contributed by atoms with Crippen molar-refractivity contribution in [3.63, 3.8) is 0 Å². The molecule has 0 unspecified atom stereocenters. The highest BCUT2D eigenvalue weighted by molar-refractivity contribution is 6.04. The molecule has 1 amide bonds. The van der Waals surface area contributed by atoms with Crippen molar-refractivity contribution < 1.29 is 19.0 Å². The minimum atomic E-state index is -0.355. The number of aromatic nitrogens is 4. The number of carbonyl (C=O) groups excluding carboxylic acids is 1. The Bertz CT molecular complexity index is 1550. The van der Waals surface area contributed by atoms with Crippen LogP contribution in [0.4, 0.5) is 5.82 Å². The van der Waals surface area contributed by atoms with E-state index < -0.39 is 0 Å². The highest BCUT2D eigenvalue weighted by Gasteiger charge is 2.21. The molecule has 0 atom stereocenters. The number of methoxy groups -OCH3 is 3. The molecule has 1 N–H and O–H groups in total. The van der Waals surface area contributed by atoms with E-state index in [1.807, 2.05) is 55.5 Å². The lowest BCUT2D eigenvalue weighted by atomic mass is 10.1. The van der Waals surface area contributed by atoms with Crippen LogP contribution in [0.15, 0.2) is 72.8 Å². The first-order valence-electron chi connectivity index (χ1n) is 11.7. The molecule has 5 rings (SSSR count). The fraction of sp³-hybridized carbons (Fsp3) is 0.179. The van der Waals surface area contributed by atoms with Gasteiger partial charge >= 0.3 is 0 Å². The van der Waals surface area contributed by atoms with Gasteiger partial charge in [-0.1, -0.05) is 42.5 Å². The van der Waals surface area contributed by atoms with Crippen LogP contribution in [-0.2, 0) is 6.54 Å². The first kappa shape index (κ1) is 23.9. The summed E-state index contributed by atoms with van der Waals surface area (Å²) < 4.78 is 19.9. The van der Waals surface area contributed by atoms with Gasteiger partial charge in [-0.05, 0) is 36.8 Å². The number of ether oxygens (including phenoxy) is 3. The number of amides is 1. The second kappa shape index (κ2) is 10.1. The molecule has 37 heavy (non-hydrogen) atoms. The van der Waals surface area contributed by atoms with Crippen molar-refractivity contribution >= 4 is 22.8 Å². The third-order valence-electron chi connectivity index (χ3n) is 6.01. The molecule has 0 aliphatic rings. The maximum absolute atomic E-state index is 13.4. The number of hydrogen-bond acceptors (Lipinski definition) is 6. The summed E-state index contributed by atoms with van der Waals surface area (Å²) in [4.78, 5) is 18.2. The number of fused-ring (bicyclic) bond motifs is 1. The van der Waals surface area contributed by atoms with Gasteiger partial charge in [-0.2, -0.15) is 9.78 Å². The van der Waals surface area contributed by atoms with Crippen molar-refractivity contribution in [2.75, 3.05) is 26.6 Å². The molecule has 2 aromatic heterocycles. The molecule has 3 aromatic carbocycles. The van der Waals surface area contributed by atoms with Crippen LogP contribution in [0, 0.1) is 6.92 Å². The van der Waals surface area contributed by atoms with E-state index in [0.29, 0.717) is 41.1 Å². The minimum absolute atomic E-state index is 0.345. The molecule has 2 heterocycles. The third kappa shape index (κ3) is 4.58. The maximum Gasteiger partial charge on any atom is 0.257 e. The molecule has 0 fully saturated rings. The summed E-state index contributed by atoms with van der Waals surface area (Å²) >= 11 is 0. The Hall–Kier alpha value is -4.79. The summed E-state index contributed by atoms with van der Waals surface area (Å²) in [5.41, 5.74) is 4.01. The van der Waals surface area contributed by atoms with E-state index in [4.69, 9.17) is 19.2 Å². The zero-order valence-corrected chi connectivity index (χ0v) is 21.1. The summed E-state index contributed by atoms with van der Waals surface area (Å²) in [5, 5.41) is 7.65. The number of hydrogen-bond donors (Lipinski definition) is 1. The summed E-state index contributed by atoms with van der Waals surface area (Å²) in [5.74, 6) is 1.92. The van der Waals surface area contributed by atoms with E-state index in [-0.39, 0.29) is 5.91 Å². The molecule has 5 aromatic rings. The number of nitrogens with one attached hydrogen (secondary N) is 1. The molecule has 9 nitrogen and oxygen atoms in total. The molecule has 0 saturated heterocycles. The standard InChI is InChI=1S/C28H27N5O4/c1-18-14-25(30-27(34)20-15-23(35-2)26(37-4)24(16-20)36-3)33(31-18)28-29-21-12-8-9-13-22(21)32(28)17-19-10-6-5-7-11-19/h5-16H,17H2,1-4H3,(H,30,34). The van der Waals surface area contributed by atoms with Gasteiger partial charge in [-0.15, -0.1) is 0 Å². The van der Waals surface area contributed by atoms with Crippen molar-refractivity contribution in [2.45, 2.75) is 13.5 Å². The van der Waals surface area contributed by atoms with Crippen molar-refractivity contribution in [3.8, 4) is 23.2 Å². The predicted octanol–water partition coefficient (Wildman–Crippen LogP) is 4.86. The zero-order chi connectivity index (χ0) is 25.9. The van der Waals surface area contributed by atoms with Gasteiger partial charge in [0.15, 0.2) is 11.5 Å². The normalized spacial score (nSPS) is 10.9. The van der Waals surface area contributed by atoms with Crippen LogP contribution < -0.4 is 19.5 Å². The summed E-state index contributed by atoms with van der Waals surface area (Å²) in [7, 11) is 4.53. The van der Waals surface area contributed by atoms with Gasteiger partial charge in [0.2, 0.25) is 11.7 Å². The van der Waals surface area contributed by atoms with Crippen molar-refractivity contribution in [2.24, 2.45) is 0 Å². The highest BCUT2D eigenvalue weighted by atomic mass is 16.5. The van der Waals surface area contributed by atoms with Gasteiger partial charge < -0.3 is 24.1 Å². The van der Waals surface area contributed by atoms with Crippen molar-refractivity contribution in [1.82, 2.24) is 19.3 Å². The number of imidazole rings is 1. The SMILES string of the molecule is COc1cc(C(=O)Nc2cc(C)nn2-c2nc3ccccc3n2Cc2ccccc2)cc(OC)c1OC. The van der Waals surface area contributed by atoms with Gasteiger partial charge in [0, 0.05) is 11.6 Å². The molecular weight excluding hydrogens is 470 g/mol. The molecule has 0 saturated carbocycles. The second-order valence-corrected chi connectivity index (χ2v) is 8.42. The van der Waals surface area contributed by atoms with Gasteiger partial charge in [0.25, 0.3) is 5.91 Å². The van der Waals surface area contributed by atoms with Crippen LogP contribution in [0.1, 0.15) is 21.6 Å². The first-order chi connectivity index (χ1) is 18.0. The topological polar surface area (TPSA) is 92.4 Å². The number of carbonyl (C=O) groups is 1. The fourth-order valence-electron chi connectivity index (χ4n) is 4.29. The Kier molecular flexibility index (Phi) is 6.51. The summed E-state index contributed by atoms with van der Waals surface area (Å²) in [6.07, 6.45) is 0. The molecule has 0 aliphatic heterocycles. The Morgan fingerprint density at radius 3 is 2.24 bits per heavy atom. The Balaban J connectivity index is 1.56. The number of benzene rings is 3. The van der Waals surface area contributed by atoms with E-state index in [1.165, 1.54) is 21.3 Å². The van der Waals surface area contributed by atoms with Gasteiger partial charge in [0.1, 0.15) is 5.82 Å². The fourth-order valence-corrected chi connectivity index (χ4v) is 4.29. The Morgan fingerprint density at radius 2 is 1.57 bits per heavy atom. The summed E-state index contributed by atoms with van der Waals surface area (Å²) in [6.45, 7) is 2.46. The summed E-state index contributed by atoms with van der Waals surface area (Å²) in [6, 6.07) is 23.1. The van der Waals surface area contributed by atoms with E-state index in [9.17, 15) is 4.79 Å². The molecule has 188 valence electrons. The second-order valence-electron chi connectivity index (χ2n) is 8.42. The van der Waals surface area contributed by atoms with Crippen LogP contribution >= 0.6 is 0 Å². The zero-order valence-electron chi connectivity index (χ0n) is 21.1. The number of anilines is 1. The van der Waals surface area contributed by atoms with E-state index in [2.05, 4.69) is 27.1 Å². The molecule has 0 bridgehead atoms. The molecule has 0 spiro atoms. The van der Waals surface area contributed by atoms with Crippen molar-refractivity contribution in [3.05, 3.63) is 89.6 Å². The lowest BCUT2D eigenvalue weighted by Gasteiger charge is -2.15. The average Bonchev–Trinajstić information content (AvgIpc) is 3.47. The van der Waals surface area contributed by atoms with Crippen LogP contribution in [-0.4, -0.2) is 46.6 Å². The van der Waals surface area contributed by atoms with E-state index in [0.717, 1.165) is 22.3 Å². The number of aryl methyl sites for hydroxylation is 1. The lowest BCUT2D eigenvalue weighted by molar-refractivity contribution is 0.102. The average molecular weight is 498 g/mol. The number of para-hydroxylation sites is 2. The quantitative estimate of drug-likeness (QED) is 0.329. The largest absolute Gasteiger partial charge is 0.493 e. The number of nitrogens with zero attached hydrogens (tertiary/aromatic N) is 4. The van der Waals surface area contributed by atoms with Crippen LogP contribution in [0.3, 0.4) is 0 Å². The van der Waals surface area contributed by atoms with E-state index >= 15 is 0 Å². The smallest absolute Gasteiger partial charge is 0.257 e. The van der Waals surface area contributed by atoms with E-state index in [1.54, 1.807) is 16.8 Å². The van der Waals surface area contributed by atoms with Crippen molar-refractivity contribution in [1.29, 1.82) is 0 Å². The Morgan fingerprint density at radius 1 is 0.892 bits per heavy atom. The highest BCUT2D eigenvalue weighted by Crippen LogP contribution is 2.38. The number of rotatable bonds is 8. The molecule has 0 radical (unpaired) electrons. The van der Waals surface area contributed by atoms with Gasteiger partial charge in [-0.3, -0.25) is 4.79 Å². The van der Waals surface area contributed by atoms with Crippen LogP contribution in [0.25, 0.3) is 17.0 Å². The minimum Gasteiger partial charge on any atom is -0.493 e.